The lowest BCUT2D eigenvalue weighted by molar-refractivity contribution is -0.114. The Morgan fingerprint density at radius 3 is 2.21 bits per heavy atom. The highest BCUT2D eigenvalue weighted by molar-refractivity contribution is 7.98. The normalized spacial score (nSPS) is 11.5. The smallest absolute Gasteiger partial charge is 0.264 e. The van der Waals surface area contributed by atoms with E-state index < -0.39 is 32.5 Å². The van der Waals surface area contributed by atoms with Crippen molar-refractivity contribution in [1.82, 2.24) is 0 Å². The Kier molecular flexibility index (Phi) is 10.3. The van der Waals surface area contributed by atoms with Gasteiger partial charge in [-0.3, -0.25) is 13.8 Å². The van der Waals surface area contributed by atoms with Crippen molar-refractivity contribution >= 4 is 66.4 Å². The number of carbonyl (C=O) groups is 1. The number of thioether (sulfide) groups is 1. The maximum atomic E-state index is 13.8. The number of hydrogen-bond acceptors (Lipinski definition) is 7. The molecule has 226 valence electrons. The number of benzene rings is 4. The van der Waals surface area contributed by atoms with Crippen LogP contribution in [-0.4, -0.2) is 42.2 Å². The quantitative estimate of drug-likeness (QED) is 0.169. The average molecular weight is 660 g/mol. The fourth-order valence-electron chi connectivity index (χ4n) is 4.07. The summed E-state index contributed by atoms with van der Waals surface area (Å²) in [6.45, 7) is 3.26. The first-order valence-corrected chi connectivity index (χ1v) is 17.5. The molecule has 0 heterocycles. The zero-order valence-electron chi connectivity index (χ0n) is 23.6. The lowest BCUT2D eigenvalue weighted by Gasteiger charge is -2.26. The predicted molar refractivity (Wildman–Crippen MR) is 172 cm³/mol. The molecule has 0 aromatic heterocycles. The van der Waals surface area contributed by atoms with Crippen LogP contribution in [0.5, 0.6) is 5.75 Å². The summed E-state index contributed by atoms with van der Waals surface area (Å²) in [7, 11) is -8.13. The van der Waals surface area contributed by atoms with Crippen LogP contribution < -0.4 is 19.1 Å². The molecule has 1 amide bonds. The van der Waals surface area contributed by atoms with Gasteiger partial charge in [0.15, 0.2) is 0 Å². The molecule has 13 heteroatoms. The molecule has 0 aliphatic heterocycles. The van der Waals surface area contributed by atoms with Crippen LogP contribution in [0, 0.1) is 6.92 Å². The molecule has 0 fully saturated rings. The fraction of sp³-hybridized carbons (Fsp3) is 0.167. The van der Waals surface area contributed by atoms with E-state index in [1.165, 1.54) is 54.2 Å². The first-order valence-electron chi connectivity index (χ1n) is 13.0. The second-order valence-corrected chi connectivity index (χ2v) is 14.1. The summed E-state index contributed by atoms with van der Waals surface area (Å²) in [5.41, 5.74) is 1.53. The van der Waals surface area contributed by atoms with E-state index in [1.807, 2.05) is 6.26 Å². The number of anilines is 3. The summed E-state index contributed by atoms with van der Waals surface area (Å²) in [6.07, 6.45) is 1.89. The number of carbonyl (C=O) groups excluding carboxylic acids is 1. The van der Waals surface area contributed by atoms with Gasteiger partial charge in [0.25, 0.3) is 20.0 Å². The minimum Gasteiger partial charge on any atom is -0.492 e. The molecule has 0 saturated heterocycles. The molecular weight excluding hydrogens is 630 g/mol. The third-order valence-electron chi connectivity index (χ3n) is 6.26. The Labute approximate surface area is 261 Å². The average Bonchev–Trinajstić information content (AvgIpc) is 2.98. The Balaban J connectivity index is 1.58. The maximum absolute atomic E-state index is 13.8. The van der Waals surface area contributed by atoms with Crippen molar-refractivity contribution in [3.05, 3.63) is 102 Å². The highest BCUT2D eigenvalue weighted by Gasteiger charge is 2.29. The van der Waals surface area contributed by atoms with Crippen LogP contribution in [0.2, 0.25) is 5.02 Å². The second kappa shape index (κ2) is 13.7. The lowest BCUT2D eigenvalue weighted by atomic mass is 10.2. The van der Waals surface area contributed by atoms with E-state index in [2.05, 4.69) is 10.0 Å². The van der Waals surface area contributed by atoms with Crippen LogP contribution in [0.25, 0.3) is 0 Å². The zero-order chi connectivity index (χ0) is 31.2. The summed E-state index contributed by atoms with van der Waals surface area (Å²) in [5, 5.41) is 3.05. The second-order valence-electron chi connectivity index (χ2n) is 9.23. The number of ether oxygens (including phenoxy) is 1. The van der Waals surface area contributed by atoms with Crippen LogP contribution in [-0.2, 0) is 24.8 Å². The van der Waals surface area contributed by atoms with Gasteiger partial charge >= 0.3 is 0 Å². The molecule has 0 bridgehead atoms. The summed E-state index contributed by atoms with van der Waals surface area (Å²) < 4.78 is 62.7. The molecule has 0 radical (unpaired) electrons. The maximum Gasteiger partial charge on any atom is 0.264 e. The number of halogens is 1. The molecule has 0 saturated carbocycles. The van der Waals surface area contributed by atoms with Gasteiger partial charge in [0.1, 0.15) is 12.3 Å². The molecular formula is C30H30ClN3O6S3. The van der Waals surface area contributed by atoms with Gasteiger partial charge in [0.05, 0.1) is 27.8 Å². The van der Waals surface area contributed by atoms with Gasteiger partial charge in [-0.2, -0.15) is 0 Å². The Hall–Kier alpha value is -3.71. The van der Waals surface area contributed by atoms with Crippen molar-refractivity contribution in [2.45, 2.75) is 28.5 Å². The van der Waals surface area contributed by atoms with E-state index in [0.717, 1.165) is 9.20 Å². The Bertz CT molecular complexity index is 1820. The molecule has 4 rings (SSSR count). The Morgan fingerprint density at radius 2 is 1.56 bits per heavy atom. The molecule has 4 aromatic carbocycles. The van der Waals surface area contributed by atoms with Crippen molar-refractivity contribution in [3.8, 4) is 5.75 Å². The van der Waals surface area contributed by atoms with E-state index in [1.54, 1.807) is 62.4 Å². The molecule has 0 atom stereocenters. The molecule has 9 nitrogen and oxygen atoms in total. The third-order valence-corrected chi connectivity index (χ3v) is 10.4. The first kappa shape index (κ1) is 32.2. The fourth-order valence-corrected chi connectivity index (χ4v) is 7.21. The van der Waals surface area contributed by atoms with Gasteiger partial charge in [0, 0.05) is 15.6 Å². The number of nitrogens with zero attached hydrogens (tertiary/aromatic N) is 1. The predicted octanol–water partition coefficient (Wildman–Crippen LogP) is 6.40. The van der Waals surface area contributed by atoms with E-state index in [9.17, 15) is 21.6 Å². The summed E-state index contributed by atoms with van der Waals surface area (Å²) in [6, 6.07) is 23.4. The molecule has 0 aliphatic carbocycles. The SMILES string of the molecule is CCOc1ccccc1N(CC(=O)Nc1ccc(S(=O)(=O)Nc2cc(Cl)ccc2C)cc1)S(=O)(=O)c1ccc(SC)cc1. The number of rotatable bonds is 12. The molecule has 0 unspecified atom stereocenters. The van der Waals surface area contributed by atoms with Crippen LogP contribution in [0.3, 0.4) is 0 Å². The minimum atomic E-state index is -4.18. The van der Waals surface area contributed by atoms with E-state index >= 15 is 0 Å². The molecule has 43 heavy (non-hydrogen) atoms. The van der Waals surface area contributed by atoms with Crippen LogP contribution in [0.4, 0.5) is 17.1 Å². The lowest BCUT2D eigenvalue weighted by Crippen LogP contribution is -2.38. The monoisotopic (exact) mass is 659 g/mol. The van der Waals surface area contributed by atoms with E-state index in [4.69, 9.17) is 16.3 Å². The Morgan fingerprint density at radius 1 is 0.907 bits per heavy atom. The van der Waals surface area contributed by atoms with Gasteiger partial charge in [-0.15, -0.1) is 11.8 Å². The number of sulfonamides is 2. The van der Waals surface area contributed by atoms with Crippen LogP contribution in [0.1, 0.15) is 12.5 Å². The largest absolute Gasteiger partial charge is 0.492 e. The number of hydrogen-bond donors (Lipinski definition) is 2. The van der Waals surface area contributed by atoms with Crippen molar-refractivity contribution in [1.29, 1.82) is 0 Å². The van der Waals surface area contributed by atoms with Gasteiger partial charge in [-0.25, -0.2) is 16.8 Å². The number of nitrogens with one attached hydrogen (secondary N) is 2. The van der Waals surface area contributed by atoms with Gasteiger partial charge in [-0.1, -0.05) is 29.8 Å². The van der Waals surface area contributed by atoms with E-state index in [0.29, 0.717) is 28.6 Å². The van der Waals surface area contributed by atoms with Crippen LogP contribution >= 0.6 is 23.4 Å². The number of amides is 1. The van der Waals surface area contributed by atoms with Crippen molar-refractivity contribution in [3.63, 3.8) is 0 Å². The summed E-state index contributed by atoms with van der Waals surface area (Å²) in [5.74, 6) is -0.335. The third kappa shape index (κ3) is 7.82. The first-order chi connectivity index (χ1) is 20.4. The van der Waals surface area contributed by atoms with Crippen LogP contribution in [0.15, 0.2) is 106 Å². The molecule has 2 N–H and O–H groups in total. The van der Waals surface area contributed by atoms with Gasteiger partial charge < -0.3 is 10.1 Å². The van der Waals surface area contributed by atoms with Gasteiger partial charge in [0.2, 0.25) is 5.91 Å². The number of aryl methyl sites for hydroxylation is 1. The molecule has 0 aliphatic rings. The molecule has 0 spiro atoms. The highest BCUT2D eigenvalue weighted by atomic mass is 35.5. The van der Waals surface area contributed by atoms with Crippen molar-refractivity contribution in [2.75, 3.05) is 33.8 Å². The van der Waals surface area contributed by atoms with Gasteiger partial charge in [-0.05, 0) is 98.5 Å². The topological polar surface area (TPSA) is 122 Å². The zero-order valence-corrected chi connectivity index (χ0v) is 26.8. The highest BCUT2D eigenvalue weighted by Crippen LogP contribution is 2.33. The standard InChI is InChI=1S/C30H30ClN3O6S3/c1-4-40-29-8-6-5-7-28(29)34(43(38,39)26-17-13-24(41-3)14-18-26)20-30(35)32-23-11-15-25(16-12-23)42(36,37)33-27-19-22(31)10-9-21(27)2/h5-19,33H,4,20H2,1-3H3,(H,32,35). The van der Waals surface area contributed by atoms with Crippen molar-refractivity contribution < 1.29 is 26.4 Å². The van der Waals surface area contributed by atoms with E-state index in [-0.39, 0.29) is 21.2 Å². The molecule has 4 aromatic rings. The minimum absolute atomic E-state index is 0.0152. The number of para-hydroxylation sites is 2. The van der Waals surface area contributed by atoms with Crippen molar-refractivity contribution in [2.24, 2.45) is 0 Å². The summed E-state index contributed by atoms with van der Waals surface area (Å²) in [4.78, 5) is 14.1. The summed E-state index contributed by atoms with van der Waals surface area (Å²) >= 11 is 7.49.